The van der Waals surface area contributed by atoms with Crippen molar-refractivity contribution >= 4 is 17.3 Å². The van der Waals surface area contributed by atoms with Crippen molar-refractivity contribution in [3.63, 3.8) is 0 Å². The molecule has 2 atom stereocenters. The summed E-state index contributed by atoms with van der Waals surface area (Å²) in [7, 11) is 1.56. The molecule has 1 heterocycles. The Labute approximate surface area is 231 Å². The van der Waals surface area contributed by atoms with Gasteiger partial charge in [0.25, 0.3) is 5.91 Å². The molecule has 1 amide bonds. The molecule has 0 unspecified atom stereocenters. The highest BCUT2D eigenvalue weighted by atomic mass is 16.5. The molecule has 0 bridgehead atoms. The molecule has 1 aliphatic heterocycles. The van der Waals surface area contributed by atoms with Crippen molar-refractivity contribution in [2.75, 3.05) is 43.9 Å². The third-order valence-corrected chi connectivity index (χ3v) is 7.53. The summed E-state index contributed by atoms with van der Waals surface area (Å²) in [5.41, 5.74) is 9.95. The molecular weight excluding hydrogens is 492 g/mol. The third-order valence-electron chi connectivity index (χ3n) is 7.53. The summed E-state index contributed by atoms with van der Waals surface area (Å²) < 4.78 is 5.15. The Bertz CT molecular complexity index is 1300. The minimum Gasteiger partial charge on any atom is -0.508 e. The lowest BCUT2D eigenvalue weighted by Gasteiger charge is -2.42. The van der Waals surface area contributed by atoms with Crippen molar-refractivity contribution in [1.82, 2.24) is 10.2 Å². The molecule has 1 fully saturated rings. The zero-order valence-corrected chi connectivity index (χ0v) is 23.2. The van der Waals surface area contributed by atoms with Gasteiger partial charge in [0.1, 0.15) is 17.2 Å². The largest absolute Gasteiger partial charge is 0.508 e. The topological polar surface area (TPSA) is 111 Å². The normalized spacial score (nSPS) is 16.7. The van der Waals surface area contributed by atoms with Crippen LogP contribution in [0.15, 0.2) is 60.7 Å². The van der Waals surface area contributed by atoms with Crippen LogP contribution in [0.25, 0.3) is 0 Å². The van der Waals surface area contributed by atoms with Crippen molar-refractivity contribution in [3.8, 4) is 17.2 Å². The average Bonchev–Trinajstić information content (AvgIpc) is 2.90. The van der Waals surface area contributed by atoms with Gasteiger partial charge in [0.05, 0.1) is 7.11 Å². The zero-order valence-electron chi connectivity index (χ0n) is 23.2. The van der Waals surface area contributed by atoms with Crippen LogP contribution in [0.1, 0.15) is 42.3 Å². The lowest BCUT2D eigenvalue weighted by atomic mass is 9.99. The van der Waals surface area contributed by atoms with Gasteiger partial charge in [-0.1, -0.05) is 32.0 Å². The second-order valence-electron chi connectivity index (χ2n) is 10.7. The number of carbonyl (C=O) groups is 1. The zero-order chi connectivity index (χ0) is 28.1. The number of piperazine rings is 1. The maximum Gasteiger partial charge on any atom is 0.251 e. The van der Waals surface area contributed by atoms with Crippen LogP contribution >= 0.6 is 0 Å². The van der Waals surface area contributed by atoms with Gasteiger partial charge >= 0.3 is 0 Å². The number of nitrogen functional groups attached to an aromatic ring is 1. The van der Waals surface area contributed by atoms with E-state index >= 15 is 0 Å². The van der Waals surface area contributed by atoms with Crippen LogP contribution in [0.5, 0.6) is 17.2 Å². The van der Waals surface area contributed by atoms with Crippen molar-refractivity contribution in [3.05, 3.63) is 77.4 Å². The molecule has 3 aromatic rings. The van der Waals surface area contributed by atoms with Crippen LogP contribution in [-0.2, 0) is 6.42 Å². The molecule has 8 nitrogen and oxygen atoms in total. The Hall–Kier alpha value is -3.91. The summed E-state index contributed by atoms with van der Waals surface area (Å²) in [6.07, 6.45) is 0.449. The first-order valence-electron chi connectivity index (χ1n) is 13.5. The van der Waals surface area contributed by atoms with Gasteiger partial charge in [0.15, 0.2) is 0 Å². The summed E-state index contributed by atoms with van der Waals surface area (Å²) in [5, 5.41) is 23.4. The van der Waals surface area contributed by atoms with E-state index < -0.39 is 0 Å². The smallest absolute Gasteiger partial charge is 0.251 e. The molecule has 0 saturated carbocycles. The van der Waals surface area contributed by atoms with Crippen LogP contribution in [0.3, 0.4) is 0 Å². The van der Waals surface area contributed by atoms with E-state index in [4.69, 9.17) is 10.5 Å². The fraction of sp³-hybridized carbons (Fsp3) is 0.387. The Kier molecular flexibility index (Phi) is 8.86. The molecule has 3 aromatic carbocycles. The molecule has 5 N–H and O–H groups in total. The number of benzene rings is 3. The number of hydrogen-bond donors (Lipinski definition) is 4. The van der Waals surface area contributed by atoms with Gasteiger partial charge in [0, 0.05) is 73.8 Å². The van der Waals surface area contributed by atoms with E-state index in [1.165, 1.54) is 0 Å². The number of nitrogens with one attached hydrogen (secondary N) is 1. The van der Waals surface area contributed by atoms with Gasteiger partial charge in [-0.05, 0) is 54.3 Å². The van der Waals surface area contributed by atoms with Crippen molar-refractivity contribution in [2.24, 2.45) is 5.92 Å². The number of rotatable bonds is 9. The Morgan fingerprint density at radius 1 is 1.08 bits per heavy atom. The van der Waals surface area contributed by atoms with E-state index in [2.05, 4.69) is 35.9 Å². The summed E-state index contributed by atoms with van der Waals surface area (Å²) in [4.78, 5) is 17.9. The first-order valence-corrected chi connectivity index (χ1v) is 13.5. The molecule has 1 saturated heterocycles. The Morgan fingerprint density at radius 2 is 1.85 bits per heavy atom. The molecule has 0 aromatic heterocycles. The highest BCUT2D eigenvalue weighted by Crippen LogP contribution is 2.28. The predicted molar refractivity (Wildman–Crippen MR) is 156 cm³/mol. The first-order chi connectivity index (χ1) is 18.6. The van der Waals surface area contributed by atoms with Crippen LogP contribution in [-0.4, -0.2) is 66.4 Å². The number of nitrogens with zero attached hydrogens (tertiary/aromatic N) is 2. The monoisotopic (exact) mass is 532 g/mol. The molecule has 208 valence electrons. The molecule has 4 rings (SSSR count). The lowest BCUT2D eigenvalue weighted by Crippen LogP contribution is -2.56. The van der Waals surface area contributed by atoms with E-state index in [1.807, 2.05) is 24.3 Å². The number of carbonyl (C=O) groups excluding carboxylic acids is 1. The Morgan fingerprint density at radius 3 is 2.49 bits per heavy atom. The molecule has 0 radical (unpaired) electrons. The standard InChI is InChI=1S/C31H40N4O4/c1-20(2)29(19-34-12-13-35(21(3)18-34)25-6-5-7-26(36)16-25)33-31(38)24-9-8-22(28(32)15-24)14-23-10-11-27(39-4)17-30(23)37/h5-11,15-17,20-21,29,36-37H,12-14,18-19,32H2,1-4H3,(H,33,38)/t21-,29+/m0/s1. The number of aromatic hydroxyl groups is 2. The molecule has 8 heteroatoms. The van der Waals surface area contributed by atoms with Crippen LogP contribution in [0, 0.1) is 5.92 Å². The highest BCUT2D eigenvalue weighted by Gasteiger charge is 2.27. The van der Waals surface area contributed by atoms with Gasteiger partial charge < -0.3 is 30.9 Å². The number of nitrogens with two attached hydrogens (primary N) is 1. The van der Waals surface area contributed by atoms with Gasteiger partial charge in [-0.2, -0.15) is 0 Å². The van der Waals surface area contributed by atoms with E-state index in [1.54, 1.807) is 43.5 Å². The molecule has 0 aliphatic carbocycles. The predicted octanol–water partition coefficient (Wildman–Crippen LogP) is 4.24. The molecular formula is C31H40N4O4. The highest BCUT2D eigenvalue weighted by molar-refractivity contribution is 5.95. The van der Waals surface area contributed by atoms with Gasteiger partial charge in [-0.25, -0.2) is 0 Å². The summed E-state index contributed by atoms with van der Waals surface area (Å²) in [6, 6.07) is 18.2. The number of phenols is 2. The van der Waals surface area contributed by atoms with Gasteiger partial charge in [0.2, 0.25) is 0 Å². The Balaban J connectivity index is 1.37. The number of anilines is 2. The minimum atomic E-state index is -0.148. The lowest BCUT2D eigenvalue weighted by molar-refractivity contribution is 0.0903. The van der Waals surface area contributed by atoms with Crippen molar-refractivity contribution < 1.29 is 19.7 Å². The van der Waals surface area contributed by atoms with Gasteiger partial charge in [-0.3, -0.25) is 9.69 Å². The van der Waals surface area contributed by atoms with Crippen molar-refractivity contribution in [1.29, 1.82) is 0 Å². The summed E-state index contributed by atoms with van der Waals surface area (Å²) >= 11 is 0. The second-order valence-corrected chi connectivity index (χ2v) is 10.7. The first kappa shape index (κ1) is 28.1. The fourth-order valence-corrected chi connectivity index (χ4v) is 5.13. The summed E-state index contributed by atoms with van der Waals surface area (Å²) in [6.45, 7) is 9.78. The molecule has 1 aliphatic rings. The quantitative estimate of drug-likeness (QED) is 0.305. The number of hydrogen-bond acceptors (Lipinski definition) is 7. The van der Waals surface area contributed by atoms with Gasteiger partial charge in [-0.15, -0.1) is 0 Å². The van der Waals surface area contributed by atoms with Crippen LogP contribution in [0.2, 0.25) is 0 Å². The van der Waals surface area contributed by atoms with Crippen molar-refractivity contribution in [2.45, 2.75) is 39.3 Å². The van der Waals surface area contributed by atoms with E-state index in [9.17, 15) is 15.0 Å². The maximum absolute atomic E-state index is 13.2. The maximum atomic E-state index is 13.2. The van der Waals surface area contributed by atoms with Crippen LogP contribution < -0.4 is 20.7 Å². The van der Waals surface area contributed by atoms with E-state index in [0.717, 1.165) is 43.0 Å². The second kappa shape index (κ2) is 12.3. The third kappa shape index (κ3) is 6.95. The molecule has 39 heavy (non-hydrogen) atoms. The molecule has 0 spiro atoms. The number of methoxy groups -OCH3 is 1. The van der Waals surface area contributed by atoms with Crippen LogP contribution in [0.4, 0.5) is 11.4 Å². The van der Waals surface area contributed by atoms with E-state index in [-0.39, 0.29) is 35.4 Å². The minimum absolute atomic E-state index is 0.0193. The SMILES string of the molecule is COc1ccc(Cc2ccc(C(=O)N[C@H](CN3CCN(c4cccc(O)c4)[C@@H](C)C3)C(C)C)cc2N)c(O)c1. The number of amides is 1. The summed E-state index contributed by atoms with van der Waals surface area (Å²) in [5.74, 6) is 1.11. The average molecular weight is 533 g/mol. The fourth-order valence-electron chi connectivity index (χ4n) is 5.13. The number of ether oxygens (including phenoxy) is 1. The van der Waals surface area contributed by atoms with E-state index in [0.29, 0.717) is 23.4 Å². The number of phenolic OH excluding ortho intramolecular Hbond substituents is 2.